The van der Waals surface area contributed by atoms with E-state index < -0.39 is 0 Å². The predicted molar refractivity (Wildman–Crippen MR) is 71.2 cm³/mol. The third kappa shape index (κ3) is 2.14. The first-order chi connectivity index (χ1) is 7.72. The monoisotopic (exact) mass is 279 g/mol. The summed E-state index contributed by atoms with van der Waals surface area (Å²) in [6, 6.07) is 8.18. The summed E-state index contributed by atoms with van der Waals surface area (Å²) >= 11 is 3.38. The average Bonchev–Trinajstić information content (AvgIpc) is 2.63. The van der Waals surface area contributed by atoms with E-state index in [1.165, 1.54) is 5.52 Å². The summed E-state index contributed by atoms with van der Waals surface area (Å²) in [6.45, 7) is 7.32. The fourth-order valence-corrected chi connectivity index (χ4v) is 2.07. The Morgan fingerprint density at radius 3 is 2.94 bits per heavy atom. The van der Waals surface area contributed by atoms with E-state index in [2.05, 4.69) is 45.4 Å². The van der Waals surface area contributed by atoms with Gasteiger partial charge in [-0.15, -0.1) is 0 Å². The summed E-state index contributed by atoms with van der Waals surface area (Å²) in [4.78, 5) is 0. The van der Waals surface area contributed by atoms with E-state index in [0.29, 0.717) is 6.61 Å². The number of halogens is 1. The van der Waals surface area contributed by atoms with Gasteiger partial charge in [-0.3, -0.25) is 0 Å². The van der Waals surface area contributed by atoms with Crippen LogP contribution in [0.1, 0.15) is 6.92 Å². The molecule has 0 aliphatic heterocycles. The summed E-state index contributed by atoms with van der Waals surface area (Å²) in [6.07, 6.45) is 2.06. The minimum absolute atomic E-state index is 0.690. The number of ether oxygens (including phenoxy) is 1. The quantitative estimate of drug-likeness (QED) is 0.827. The van der Waals surface area contributed by atoms with Crippen LogP contribution in [0.4, 0.5) is 0 Å². The molecule has 1 aromatic carbocycles. The molecule has 0 atom stereocenters. The summed E-state index contributed by atoms with van der Waals surface area (Å²) in [7, 11) is 0. The van der Waals surface area contributed by atoms with Gasteiger partial charge in [0, 0.05) is 16.1 Å². The van der Waals surface area contributed by atoms with Crippen molar-refractivity contribution < 1.29 is 4.74 Å². The number of rotatable bonds is 4. The molecular weight excluding hydrogens is 266 g/mol. The van der Waals surface area contributed by atoms with Crippen molar-refractivity contribution in [1.29, 1.82) is 0 Å². The van der Waals surface area contributed by atoms with Gasteiger partial charge in [0.1, 0.15) is 5.75 Å². The Labute approximate surface area is 104 Å². The van der Waals surface area contributed by atoms with Crippen LogP contribution in [0.2, 0.25) is 0 Å². The number of benzene rings is 1. The smallest absolute Gasteiger partial charge is 0.128 e. The molecule has 1 heterocycles. The van der Waals surface area contributed by atoms with Gasteiger partial charge in [-0.05, 0) is 25.1 Å². The van der Waals surface area contributed by atoms with E-state index in [1.54, 1.807) is 0 Å². The Hall–Kier alpha value is -1.22. The Balaban J connectivity index is 2.48. The third-order valence-electron chi connectivity index (χ3n) is 2.42. The Morgan fingerprint density at radius 1 is 1.44 bits per heavy atom. The maximum Gasteiger partial charge on any atom is 0.128 e. The fraction of sp³-hybridized carbons (Fsp3) is 0.231. The highest BCUT2D eigenvalue weighted by Gasteiger charge is 2.05. The molecule has 0 fully saturated rings. The first-order valence-corrected chi connectivity index (χ1v) is 6.05. The lowest BCUT2D eigenvalue weighted by Crippen LogP contribution is -1.95. The van der Waals surface area contributed by atoms with Gasteiger partial charge in [-0.1, -0.05) is 28.6 Å². The van der Waals surface area contributed by atoms with Crippen LogP contribution in [0, 0.1) is 0 Å². The Kier molecular flexibility index (Phi) is 3.34. The number of aromatic nitrogens is 1. The van der Waals surface area contributed by atoms with Crippen LogP contribution in [0.3, 0.4) is 0 Å². The number of fused-ring (bicyclic) bond motifs is 1. The highest BCUT2D eigenvalue weighted by atomic mass is 79.9. The van der Waals surface area contributed by atoms with Crippen molar-refractivity contribution in [3.8, 4) is 5.75 Å². The SMILES string of the molecule is C=C(Br)Cn1ccc2c(OCC)cccc21. The van der Waals surface area contributed by atoms with E-state index in [9.17, 15) is 0 Å². The van der Waals surface area contributed by atoms with Crippen LogP contribution in [-0.2, 0) is 6.54 Å². The molecule has 0 aliphatic rings. The molecule has 3 heteroatoms. The summed E-state index contributed by atoms with van der Waals surface area (Å²) in [5, 5.41) is 1.15. The van der Waals surface area contributed by atoms with Crippen LogP contribution >= 0.6 is 15.9 Å². The first-order valence-electron chi connectivity index (χ1n) is 5.26. The van der Waals surface area contributed by atoms with E-state index >= 15 is 0 Å². The third-order valence-corrected chi connectivity index (χ3v) is 2.67. The van der Waals surface area contributed by atoms with Crippen molar-refractivity contribution in [3.05, 3.63) is 41.5 Å². The largest absolute Gasteiger partial charge is 0.493 e. The van der Waals surface area contributed by atoms with Crippen molar-refractivity contribution in [2.45, 2.75) is 13.5 Å². The lowest BCUT2D eigenvalue weighted by molar-refractivity contribution is 0.344. The van der Waals surface area contributed by atoms with Crippen molar-refractivity contribution >= 4 is 26.8 Å². The molecule has 0 spiro atoms. The minimum atomic E-state index is 0.690. The molecule has 0 N–H and O–H groups in total. The van der Waals surface area contributed by atoms with E-state index in [-0.39, 0.29) is 0 Å². The highest BCUT2D eigenvalue weighted by molar-refractivity contribution is 9.11. The molecule has 2 aromatic rings. The van der Waals surface area contributed by atoms with Gasteiger partial charge in [0.2, 0.25) is 0 Å². The number of hydrogen-bond donors (Lipinski definition) is 0. The maximum atomic E-state index is 5.59. The van der Waals surface area contributed by atoms with Gasteiger partial charge in [-0.25, -0.2) is 0 Å². The first kappa shape index (κ1) is 11.3. The molecule has 0 amide bonds. The molecule has 0 radical (unpaired) electrons. The van der Waals surface area contributed by atoms with Crippen molar-refractivity contribution in [3.63, 3.8) is 0 Å². The molecule has 1 aromatic heterocycles. The zero-order valence-electron chi connectivity index (χ0n) is 9.24. The Bertz CT molecular complexity index is 516. The van der Waals surface area contributed by atoms with Crippen LogP contribution in [-0.4, -0.2) is 11.2 Å². The zero-order chi connectivity index (χ0) is 11.5. The fourth-order valence-electron chi connectivity index (χ4n) is 1.80. The summed E-state index contributed by atoms with van der Waals surface area (Å²) in [5.41, 5.74) is 1.17. The number of allylic oxidation sites excluding steroid dienone is 1. The van der Waals surface area contributed by atoms with Gasteiger partial charge in [0.25, 0.3) is 0 Å². The molecule has 0 bridgehead atoms. The van der Waals surface area contributed by atoms with Crippen LogP contribution in [0.25, 0.3) is 10.9 Å². The van der Waals surface area contributed by atoms with Gasteiger partial charge in [0.15, 0.2) is 0 Å². The van der Waals surface area contributed by atoms with Gasteiger partial charge in [0.05, 0.1) is 18.7 Å². The summed E-state index contributed by atoms with van der Waals surface area (Å²) < 4.78 is 8.70. The van der Waals surface area contributed by atoms with Crippen LogP contribution < -0.4 is 4.74 Å². The normalized spacial score (nSPS) is 10.6. The molecule has 0 saturated heterocycles. The lowest BCUT2D eigenvalue weighted by atomic mass is 10.2. The van der Waals surface area contributed by atoms with Gasteiger partial charge in [-0.2, -0.15) is 0 Å². The summed E-state index contributed by atoms with van der Waals surface area (Å²) in [5.74, 6) is 0.943. The molecular formula is C13H14BrNO. The second-order valence-corrected chi connectivity index (χ2v) is 4.70. The molecule has 2 nitrogen and oxygen atoms in total. The second-order valence-electron chi connectivity index (χ2n) is 3.58. The average molecular weight is 280 g/mol. The van der Waals surface area contributed by atoms with Crippen LogP contribution in [0.5, 0.6) is 5.75 Å². The Morgan fingerprint density at radius 2 is 2.25 bits per heavy atom. The van der Waals surface area contributed by atoms with Gasteiger partial charge < -0.3 is 9.30 Å². The van der Waals surface area contributed by atoms with Gasteiger partial charge >= 0.3 is 0 Å². The predicted octanol–water partition coefficient (Wildman–Crippen LogP) is 3.95. The topological polar surface area (TPSA) is 14.2 Å². The highest BCUT2D eigenvalue weighted by Crippen LogP contribution is 2.27. The zero-order valence-corrected chi connectivity index (χ0v) is 10.8. The van der Waals surface area contributed by atoms with Crippen molar-refractivity contribution in [2.24, 2.45) is 0 Å². The number of hydrogen-bond acceptors (Lipinski definition) is 1. The van der Waals surface area contributed by atoms with Crippen molar-refractivity contribution in [1.82, 2.24) is 4.57 Å². The standard InChI is InChI=1S/C13H14BrNO/c1-3-16-13-6-4-5-12-11(13)7-8-15(12)9-10(2)14/h4-8H,2-3,9H2,1H3. The molecule has 0 unspecified atom stereocenters. The molecule has 0 aliphatic carbocycles. The van der Waals surface area contributed by atoms with Crippen LogP contribution in [0.15, 0.2) is 41.5 Å². The maximum absolute atomic E-state index is 5.59. The van der Waals surface area contributed by atoms with E-state index in [0.717, 1.165) is 22.2 Å². The number of nitrogens with zero attached hydrogens (tertiary/aromatic N) is 1. The van der Waals surface area contributed by atoms with E-state index in [1.807, 2.05) is 19.1 Å². The second kappa shape index (κ2) is 4.74. The molecule has 16 heavy (non-hydrogen) atoms. The van der Waals surface area contributed by atoms with Crippen molar-refractivity contribution in [2.75, 3.05) is 6.61 Å². The molecule has 0 saturated carbocycles. The minimum Gasteiger partial charge on any atom is -0.493 e. The lowest BCUT2D eigenvalue weighted by Gasteiger charge is -2.06. The molecule has 2 rings (SSSR count). The molecule has 84 valence electrons. The van der Waals surface area contributed by atoms with E-state index in [4.69, 9.17) is 4.74 Å².